The average molecular weight is 217 g/mol. The molecule has 5 nitrogen and oxygen atoms in total. The molecule has 0 saturated heterocycles. The smallest absolute Gasteiger partial charge is 0.409 e. The number of hydrogen-bond acceptors (Lipinski definition) is 4. The third kappa shape index (κ3) is 2.84. The van der Waals surface area contributed by atoms with E-state index in [9.17, 15) is 4.79 Å². The maximum absolute atomic E-state index is 11.4. The van der Waals surface area contributed by atoms with E-state index in [1.54, 1.807) is 42.8 Å². The lowest BCUT2D eigenvalue weighted by molar-refractivity contribution is 0.169. The molecular weight excluding hydrogens is 206 g/mol. The second-order valence-corrected chi connectivity index (χ2v) is 3.10. The van der Waals surface area contributed by atoms with Crippen LogP contribution in [0.4, 0.5) is 4.79 Å². The van der Waals surface area contributed by atoms with E-state index >= 15 is 0 Å². The van der Waals surface area contributed by atoms with Gasteiger partial charge in [0.1, 0.15) is 12.4 Å². The van der Waals surface area contributed by atoms with Gasteiger partial charge in [-0.1, -0.05) is 18.2 Å². The van der Waals surface area contributed by atoms with Crippen LogP contribution in [0.25, 0.3) is 0 Å². The molecule has 2 rings (SSSR count). The number of amides is 1. The molecule has 1 amide bonds. The zero-order valence-corrected chi connectivity index (χ0v) is 8.54. The predicted molar refractivity (Wildman–Crippen MR) is 59.9 cm³/mol. The first-order valence-electron chi connectivity index (χ1n) is 4.81. The van der Waals surface area contributed by atoms with Gasteiger partial charge < -0.3 is 4.74 Å². The maximum Gasteiger partial charge on any atom is 0.431 e. The van der Waals surface area contributed by atoms with Gasteiger partial charge in [-0.15, -0.1) is 0 Å². The number of para-hydroxylation sites is 1. The summed E-state index contributed by atoms with van der Waals surface area (Å²) in [4.78, 5) is 15.4. The molecule has 1 aliphatic heterocycles. The summed E-state index contributed by atoms with van der Waals surface area (Å²) in [5.41, 5.74) is 2.54. The average Bonchev–Trinajstić information content (AvgIpc) is 2.31. The van der Waals surface area contributed by atoms with Gasteiger partial charge in [-0.3, -0.25) is 10.0 Å². The third-order valence-corrected chi connectivity index (χ3v) is 1.88. The normalized spacial score (nSPS) is 13.6. The molecule has 1 aromatic rings. The van der Waals surface area contributed by atoms with Crippen molar-refractivity contribution in [1.82, 2.24) is 10.4 Å². The van der Waals surface area contributed by atoms with Crippen molar-refractivity contribution in [2.45, 2.75) is 0 Å². The summed E-state index contributed by atoms with van der Waals surface area (Å²) in [6, 6.07) is 8.88. The Labute approximate surface area is 93.0 Å². The van der Waals surface area contributed by atoms with Gasteiger partial charge >= 0.3 is 6.09 Å². The van der Waals surface area contributed by atoms with Crippen LogP contribution in [0.3, 0.4) is 0 Å². The second kappa shape index (κ2) is 4.97. The summed E-state index contributed by atoms with van der Waals surface area (Å²) < 4.78 is 5.04. The quantitative estimate of drug-likeness (QED) is 0.817. The van der Waals surface area contributed by atoms with Crippen molar-refractivity contribution >= 4 is 12.3 Å². The minimum absolute atomic E-state index is 0.389. The van der Waals surface area contributed by atoms with E-state index in [-0.39, 0.29) is 0 Å². The van der Waals surface area contributed by atoms with Crippen molar-refractivity contribution in [3.8, 4) is 5.75 Å². The molecule has 1 heterocycles. The first-order chi connectivity index (χ1) is 7.84. The van der Waals surface area contributed by atoms with E-state index in [0.29, 0.717) is 12.4 Å². The number of hydrazine groups is 1. The number of carbonyl (C=O) groups excluding carboxylic acids is 1. The zero-order chi connectivity index (χ0) is 11.2. The minimum atomic E-state index is -0.534. The molecule has 0 saturated carbocycles. The van der Waals surface area contributed by atoms with Gasteiger partial charge in [0, 0.05) is 12.4 Å². The van der Waals surface area contributed by atoms with E-state index in [2.05, 4.69) is 10.4 Å². The Kier molecular flexibility index (Phi) is 3.18. The number of nitrogens with zero attached hydrogens (tertiary/aromatic N) is 2. The highest BCUT2D eigenvalue weighted by atomic mass is 16.6. The topological polar surface area (TPSA) is 53.9 Å². The van der Waals surface area contributed by atoms with Gasteiger partial charge in [0.2, 0.25) is 0 Å². The highest BCUT2D eigenvalue weighted by Crippen LogP contribution is 2.08. The van der Waals surface area contributed by atoms with Gasteiger partial charge in [-0.05, 0) is 18.2 Å². The molecule has 0 radical (unpaired) electrons. The van der Waals surface area contributed by atoms with Crippen molar-refractivity contribution in [3.05, 3.63) is 42.6 Å². The van der Waals surface area contributed by atoms with Crippen LogP contribution in [0, 0.1) is 0 Å². The van der Waals surface area contributed by atoms with Crippen molar-refractivity contribution in [2.24, 2.45) is 4.99 Å². The van der Waals surface area contributed by atoms with E-state index in [0.717, 1.165) is 0 Å². The van der Waals surface area contributed by atoms with Crippen LogP contribution in [-0.2, 0) is 0 Å². The summed E-state index contributed by atoms with van der Waals surface area (Å²) in [6.45, 7) is 0.389. The molecule has 1 aromatic carbocycles. The standard InChI is InChI=1S/C11H11N3O2/c15-11(13-14-8-4-7-12-9-14)16-10-5-2-1-3-6-10/h1-8H,9H2,(H,13,15). The Bertz CT molecular complexity index is 414. The summed E-state index contributed by atoms with van der Waals surface area (Å²) in [7, 11) is 0. The number of aliphatic imine (C=N–C) groups is 1. The number of benzene rings is 1. The molecular formula is C11H11N3O2. The van der Waals surface area contributed by atoms with Crippen molar-refractivity contribution in [1.29, 1.82) is 0 Å². The summed E-state index contributed by atoms with van der Waals surface area (Å²) >= 11 is 0. The minimum Gasteiger partial charge on any atom is -0.409 e. The van der Waals surface area contributed by atoms with Crippen LogP contribution in [0.2, 0.25) is 0 Å². The van der Waals surface area contributed by atoms with E-state index in [1.165, 1.54) is 5.01 Å². The van der Waals surface area contributed by atoms with Crippen molar-refractivity contribution in [3.63, 3.8) is 0 Å². The van der Waals surface area contributed by atoms with E-state index < -0.39 is 6.09 Å². The lowest BCUT2D eigenvalue weighted by Crippen LogP contribution is -2.41. The molecule has 0 spiro atoms. The summed E-state index contributed by atoms with van der Waals surface area (Å²) in [5.74, 6) is 0.504. The third-order valence-electron chi connectivity index (χ3n) is 1.88. The van der Waals surface area contributed by atoms with Gasteiger partial charge in [0.05, 0.1) is 0 Å². The van der Waals surface area contributed by atoms with Gasteiger partial charge in [-0.2, -0.15) is 0 Å². The van der Waals surface area contributed by atoms with Crippen LogP contribution >= 0.6 is 0 Å². The first kappa shape index (κ1) is 10.2. The summed E-state index contributed by atoms with van der Waals surface area (Å²) in [5, 5.41) is 1.53. The van der Waals surface area contributed by atoms with E-state index in [1.807, 2.05) is 6.07 Å². The Morgan fingerprint density at radius 1 is 1.38 bits per heavy atom. The lowest BCUT2D eigenvalue weighted by Gasteiger charge is -2.19. The van der Waals surface area contributed by atoms with Crippen LogP contribution in [0.5, 0.6) is 5.75 Å². The molecule has 1 aliphatic rings. The van der Waals surface area contributed by atoms with Crippen LogP contribution in [0.15, 0.2) is 47.6 Å². The molecule has 16 heavy (non-hydrogen) atoms. The number of ether oxygens (including phenoxy) is 1. The number of nitrogens with one attached hydrogen (secondary N) is 1. The van der Waals surface area contributed by atoms with Gasteiger partial charge in [0.25, 0.3) is 0 Å². The van der Waals surface area contributed by atoms with Gasteiger partial charge in [0.15, 0.2) is 0 Å². The molecule has 82 valence electrons. The Morgan fingerprint density at radius 3 is 2.88 bits per heavy atom. The number of allylic oxidation sites excluding steroid dienone is 1. The zero-order valence-electron chi connectivity index (χ0n) is 8.54. The van der Waals surface area contributed by atoms with Crippen molar-refractivity contribution in [2.75, 3.05) is 6.67 Å². The first-order valence-corrected chi connectivity index (χ1v) is 4.81. The maximum atomic E-state index is 11.4. The molecule has 0 bridgehead atoms. The predicted octanol–water partition coefficient (Wildman–Crippen LogP) is 1.55. The second-order valence-electron chi connectivity index (χ2n) is 3.10. The number of hydrogen-bond donors (Lipinski definition) is 1. The summed E-state index contributed by atoms with van der Waals surface area (Å²) in [6.07, 6.45) is 4.57. The fourth-order valence-corrected chi connectivity index (χ4v) is 1.19. The highest BCUT2D eigenvalue weighted by Gasteiger charge is 2.07. The number of rotatable bonds is 2. The van der Waals surface area contributed by atoms with E-state index in [4.69, 9.17) is 4.74 Å². The molecule has 0 unspecified atom stereocenters. The van der Waals surface area contributed by atoms with Crippen LogP contribution in [-0.4, -0.2) is 24.0 Å². The Hall–Kier alpha value is -2.30. The highest BCUT2D eigenvalue weighted by molar-refractivity contribution is 5.72. The lowest BCUT2D eigenvalue weighted by atomic mass is 10.3. The fraction of sp³-hybridized carbons (Fsp3) is 0.0909. The fourth-order valence-electron chi connectivity index (χ4n) is 1.19. The molecule has 0 aromatic heterocycles. The Balaban J connectivity index is 1.85. The van der Waals surface area contributed by atoms with Crippen LogP contribution < -0.4 is 10.2 Å². The molecule has 0 atom stereocenters. The SMILES string of the molecule is O=C(NN1C=CC=NC1)Oc1ccccc1. The van der Waals surface area contributed by atoms with Crippen LogP contribution in [0.1, 0.15) is 0 Å². The van der Waals surface area contributed by atoms with Gasteiger partial charge in [-0.25, -0.2) is 10.2 Å². The largest absolute Gasteiger partial charge is 0.431 e. The molecule has 1 N–H and O–H groups in total. The Morgan fingerprint density at radius 2 is 2.19 bits per heavy atom. The van der Waals surface area contributed by atoms with Crippen molar-refractivity contribution < 1.29 is 9.53 Å². The molecule has 0 fully saturated rings. The monoisotopic (exact) mass is 217 g/mol. The molecule has 0 aliphatic carbocycles. The molecule has 5 heteroatoms. The number of carbonyl (C=O) groups is 1.